The van der Waals surface area contributed by atoms with Gasteiger partial charge < -0.3 is 11.1 Å². The fourth-order valence-corrected chi connectivity index (χ4v) is 2.18. The maximum absolute atomic E-state index is 5.74. The van der Waals surface area contributed by atoms with E-state index in [1.165, 1.54) is 6.42 Å². The Balaban J connectivity index is 4.00. The molecule has 2 heteroatoms. The lowest BCUT2D eigenvalue weighted by Crippen LogP contribution is -2.44. The first kappa shape index (κ1) is 14.9. The second-order valence-electron chi connectivity index (χ2n) is 6.23. The SMILES string of the molecule is CC(C)CC(C)(C)CNC(CN)C(C)C. The average molecular weight is 214 g/mol. The Labute approximate surface area is 96.0 Å². The molecule has 0 aliphatic rings. The first-order valence-electron chi connectivity index (χ1n) is 6.22. The van der Waals surface area contributed by atoms with Crippen LogP contribution in [0.1, 0.15) is 48.0 Å². The zero-order valence-corrected chi connectivity index (χ0v) is 11.4. The third kappa shape index (κ3) is 6.91. The molecule has 0 aromatic heterocycles. The molecule has 1 atom stereocenters. The first-order valence-corrected chi connectivity index (χ1v) is 6.22. The molecule has 1 unspecified atom stereocenters. The Kier molecular flexibility index (Phi) is 6.46. The normalized spacial score (nSPS) is 15.0. The van der Waals surface area contributed by atoms with E-state index in [1.807, 2.05) is 0 Å². The molecule has 0 spiro atoms. The summed E-state index contributed by atoms with van der Waals surface area (Å²) in [4.78, 5) is 0. The van der Waals surface area contributed by atoms with E-state index in [0.29, 0.717) is 17.4 Å². The standard InChI is InChI=1S/C13H30N2/c1-10(2)7-13(5,6)9-15-12(8-14)11(3)4/h10-12,15H,7-9,14H2,1-6H3. The van der Waals surface area contributed by atoms with Crippen molar-refractivity contribution < 1.29 is 0 Å². The third-order valence-electron chi connectivity index (χ3n) is 2.86. The van der Waals surface area contributed by atoms with Gasteiger partial charge in [0.25, 0.3) is 0 Å². The molecule has 0 aliphatic carbocycles. The molecule has 0 amide bonds. The minimum atomic E-state index is 0.372. The third-order valence-corrected chi connectivity index (χ3v) is 2.86. The summed E-state index contributed by atoms with van der Waals surface area (Å²) >= 11 is 0. The van der Waals surface area contributed by atoms with Crippen LogP contribution >= 0.6 is 0 Å². The molecule has 0 radical (unpaired) electrons. The zero-order chi connectivity index (χ0) is 12.1. The lowest BCUT2D eigenvalue weighted by Gasteiger charge is -2.30. The fraction of sp³-hybridized carbons (Fsp3) is 1.00. The molecular weight excluding hydrogens is 184 g/mol. The minimum absolute atomic E-state index is 0.372. The van der Waals surface area contributed by atoms with Crippen molar-refractivity contribution in [2.45, 2.75) is 54.0 Å². The van der Waals surface area contributed by atoms with Gasteiger partial charge in [0.1, 0.15) is 0 Å². The summed E-state index contributed by atoms with van der Waals surface area (Å²) in [6.45, 7) is 15.5. The Morgan fingerprint density at radius 2 is 1.67 bits per heavy atom. The van der Waals surface area contributed by atoms with Crippen molar-refractivity contribution in [2.75, 3.05) is 13.1 Å². The first-order chi connectivity index (χ1) is 6.78. The van der Waals surface area contributed by atoms with E-state index in [-0.39, 0.29) is 0 Å². The monoisotopic (exact) mass is 214 g/mol. The van der Waals surface area contributed by atoms with Crippen LogP contribution in [0.4, 0.5) is 0 Å². The smallest absolute Gasteiger partial charge is 0.0213 e. The van der Waals surface area contributed by atoms with Gasteiger partial charge in [0.15, 0.2) is 0 Å². The summed E-state index contributed by atoms with van der Waals surface area (Å²) in [6.07, 6.45) is 1.26. The number of nitrogens with two attached hydrogens (primary N) is 1. The molecule has 0 aromatic carbocycles. The lowest BCUT2D eigenvalue weighted by molar-refractivity contribution is 0.249. The summed E-state index contributed by atoms with van der Waals surface area (Å²) in [7, 11) is 0. The van der Waals surface area contributed by atoms with Gasteiger partial charge in [-0.05, 0) is 23.7 Å². The van der Waals surface area contributed by atoms with Crippen LogP contribution in [0.3, 0.4) is 0 Å². The lowest BCUT2D eigenvalue weighted by atomic mass is 9.83. The molecule has 92 valence electrons. The Bertz CT molecular complexity index is 162. The van der Waals surface area contributed by atoms with E-state index in [0.717, 1.165) is 19.0 Å². The molecule has 0 heterocycles. The molecule has 0 aliphatic heterocycles. The van der Waals surface area contributed by atoms with Crippen LogP contribution in [0.2, 0.25) is 0 Å². The molecule has 3 N–H and O–H groups in total. The van der Waals surface area contributed by atoms with Gasteiger partial charge in [-0.1, -0.05) is 41.5 Å². The van der Waals surface area contributed by atoms with Crippen molar-refractivity contribution in [2.24, 2.45) is 23.0 Å². The van der Waals surface area contributed by atoms with E-state index in [1.54, 1.807) is 0 Å². The summed E-state index contributed by atoms with van der Waals surface area (Å²) in [5.41, 5.74) is 6.11. The summed E-state index contributed by atoms with van der Waals surface area (Å²) in [5.74, 6) is 1.38. The molecule has 0 saturated heterocycles. The maximum atomic E-state index is 5.74. The van der Waals surface area contributed by atoms with Crippen LogP contribution in [0.5, 0.6) is 0 Å². The predicted octanol–water partition coefficient (Wildman–Crippen LogP) is 2.63. The quantitative estimate of drug-likeness (QED) is 0.684. The van der Waals surface area contributed by atoms with Crippen LogP contribution in [0.25, 0.3) is 0 Å². The topological polar surface area (TPSA) is 38.0 Å². The van der Waals surface area contributed by atoms with Crippen molar-refractivity contribution >= 4 is 0 Å². The van der Waals surface area contributed by atoms with Gasteiger partial charge in [-0.2, -0.15) is 0 Å². The highest BCUT2D eigenvalue weighted by Gasteiger charge is 2.21. The van der Waals surface area contributed by atoms with E-state index in [2.05, 4.69) is 46.9 Å². The van der Waals surface area contributed by atoms with E-state index in [4.69, 9.17) is 5.73 Å². The van der Waals surface area contributed by atoms with Crippen molar-refractivity contribution in [3.8, 4) is 0 Å². The van der Waals surface area contributed by atoms with Crippen LogP contribution in [-0.4, -0.2) is 19.1 Å². The predicted molar refractivity (Wildman–Crippen MR) is 68.9 cm³/mol. The van der Waals surface area contributed by atoms with Gasteiger partial charge in [-0.25, -0.2) is 0 Å². The van der Waals surface area contributed by atoms with Crippen molar-refractivity contribution in [3.63, 3.8) is 0 Å². The Morgan fingerprint density at radius 3 is 2.00 bits per heavy atom. The van der Waals surface area contributed by atoms with Gasteiger partial charge in [0.05, 0.1) is 0 Å². The van der Waals surface area contributed by atoms with Gasteiger partial charge in [-0.3, -0.25) is 0 Å². The van der Waals surface area contributed by atoms with Crippen molar-refractivity contribution in [1.82, 2.24) is 5.32 Å². The largest absolute Gasteiger partial charge is 0.329 e. The van der Waals surface area contributed by atoms with Crippen molar-refractivity contribution in [3.05, 3.63) is 0 Å². The average Bonchev–Trinajstić information content (AvgIpc) is 2.01. The number of hydrogen-bond donors (Lipinski definition) is 2. The van der Waals surface area contributed by atoms with Gasteiger partial charge in [0.2, 0.25) is 0 Å². The van der Waals surface area contributed by atoms with Crippen LogP contribution in [0.15, 0.2) is 0 Å². The van der Waals surface area contributed by atoms with Crippen molar-refractivity contribution in [1.29, 1.82) is 0 Å². The molecule has 0 rings (SSSR count). The van der Waals surface area contributed by atoms with Crippen LogP contribution < -0.4 is 11.1 Å². The molecule has 2 nitrogen and oxygen atoms in total. The highest BCUT2D eigenvalue weighted by Crippen LogP contribution is 2.24. The summed E-state index contributed by atoms with van der Waals surface area (Å²) in [5, 5.41) is 3.59. The highest BCUT2D eigenvalue weighted by molar-refractivity contribution is 4.78. The van der Waals surface area contributed by atoms with E-state index < -0.39 is 0 Å². The molecular formula is C13H30N2. The fourth-order valence-electron chi connectivity index (χ4n) is 2.18. The minimum Gasteiger partial charge on any atom is -0.329 e. The van der Waals surface area contributed by atoms with Crippen LogP contribution in [-0.2, 0) is 0 Å². The molecule has 0 bridgehead atoms. The Hall–Kier alpha value is -0.0800. The van der Waals surface area contributed by atoms with Gasteiger partial charge >= 0.3 is 0 Å². The second-order valence-corrected chi connectivity index (χ2v) is 6.23. The molecule has 0 saturated carbocycles. The van der Waals surface area contributed by atoms with E-state index >= 15 is 0 Å². The number of rotatable bonds is 7. The maximum Gasteiger partial charge on any atom is 0.0213 e. The summed E-state index contributed by atoms with van der Waals surface area (Å²) in [6, 6.07) is 0.455. The Morgan fingerprint density at radius 1 is 1.13 bits per heavy atom. The molecule has 0 fully saturated rings. The number of hydrogen-bond acceptors (Lipinski definition) is 2. The molecule has 15 heavy (non-hydrogen) atoms. The molecule has 0 aromatic rings. The number of nitrogens with one attached hydrogen (secondary N) is 1. The highest BCUT2D eigenvalue weighted by atomic mass is 14.9. The van der Waals surface area contributed by atoms with Gasteiger partial charge in [-0.15, -0.1) is 0 Å². The van der Waals surface area contributed by atoms with Crippen LogP contribution in [0, 0.1) is 17.3 Å². The van der Waals surface area contributed by atoms with E-state index in [9.17, 15) is 0 Å². The van der Waals surface area contributed by atoms with Gasteiger partial charge in [0, 0.05) is 19.1 Å². The second kappa shape index (κ2) is 6.49. The zero-order valence-electron chi connectivity index (χ0n) is 11.4. The summed E-state index contributed by atoms with van der Waals surface area (Å²) < 4.78 is 0.